The molecule has 318 valence electrons. The largest absolute Gasteiger partial charge is 0.450 e. The highest BCUT2D eigenvalue weighted by molar-refractivity contribution is 6.21. The zero-order valence-electron chi connectivity index (χ0n) is 36.8. The quantitative estimate of drug-likeness (QED) is 0.160. The number of benzene rings is 10. The van der Waals surface area contributed by atoms with Crippen molar-refractivity contribution in [2.45, 2.75) is 0 Å². The second-order valence-corrected chi connectivity index (χ2v) is 17.5. The number of nitrogens with zero attached hydrogens (tertiary/aromatic N) is 2. The molecule has 0 aliphatic carbocycles. The van der Waals surface area contributed by atoms with Gasteiger partial charge in [0.25, 0.3) is 0 Å². The average Bonchev–Trinajstić information content (AvgIpc) is 4.16. The number of fused-ring (bicyclic) bond motifs is 10. The van der Waals surface area contributed by atoms with Crippen LogP contribution in [0.15, 0.2) is 251 Å². The summed E-state index contributed by atoms with van der Waals surface area (Å²) in [7, 11) is 0. The minimum atomic E-state index is 0.747. The van der Waals surface area contributed by atoms with Gasteiger partial charge in [-0.25, -0.2) is 0 Å². The Morgan fingerprint density at radius 1 is 0.250 bits per heavy atom. The molecule has 0 saturated heterocycles. The first-order valence-corrected chi connectivity index (χ1v) is 23.2. The van der Waals surface area contributed by atoms with Crippen LogP contribution in [-0.2, 0) is 0 Å². The van der Waals surface area contributed by atoms with Crippen LogP contribution in [0.2, 0.25) is 0 Å². The molecule has 0 amide bonds. The van der Waals surface area contributed by atoms with Crippen molar-refractivity contribution >= 4 is 65.9 Å². The molecule has 0 unspecified atom stereocenters. The molecule has 0 atom stereocenters. The predicted molar refractivity (Wildman–Crippen MR) is 282 cm³/mol. The van der Waals surface area contributed by atoms with Gasteiger partial charge in [-0.3, -0.25) is 0 Å². The van der Waals surface area contributed by atoms with Crippen LogP contribution >= 0.6 is 0 Å². The van der Waals surface area contributed by atoms with E-state index < -0.39 is 0 Å². The number of aromatic nitrogens is 2. The van der Waals surface area contributed by atoms with Crippen molar-refractivity contribution in [3.8, 4) is 67.0 Å². The van der Waals surface area contributed by atoms with E-state index in [2.05, 4.69) is 228 Å². The first-order chi connectivity index (χ1) is 33.8. The number of furan rings is 2. The second-order valence-electron chi connectivity index (χ2n) is 17.5. The summed E-state index contributed by atoms with van der Waals surface area (Å²) in [5.74, 6) is 0. The van der Waals surface area contributed by atoms with Crippen molar-refractivity contribution in [3.63, 3.8) is 0 Å². The van der Waals surface area contributed by atoms with Crippen molar-refractivity contribution in [2.24, 2.45) is 0 Å². The van der Waals surface area contributed by atoms with E-state index >= 15 is 0 Å². The van der Waals surface area contributed by atoms with E-state index in [-0.39, 0.29) is 0 Å². The molecule has 4 heterocycles. The van der Waals surface area contributed by atoms with Gasteiger partial charge in [0.1, 0.15) is 22.2 Å². The van der Waals surface area contributed by atoms with Gasteiger partial charge in [0.15, 0.2) is 11.2 Å². The van der Waals surface area contributed by atoms with Crippen LogP contribution in [0.3, 0.4) is 0 Å². The SMILES string of the molecule is c1ccc(-c2ccccc2-c2ccc3c(c2)c2cc(-c4ccccc4-c4ccccc4)ccc2n3-c2ccccc2-c2ccccc2-n2c3c4ccccc4oc3c3oc4ccccc4c32)cc1. The van der Waals surface area contributed by atoms with Gasteiger partial charge in [-0.1, -0.05) is 182 Å². The Labute approximate surface area is 391 Å². The molecule has 4 nitrogen and oxygen atoms in total. The highest BCUT2D eigenvalue weighted by atomic mass is 16.4. The summed E-state index contributed by atoms with van der Waals surface area (Å²) in [6.07, 6.45) is 0. The number of hydrogen-bond donors (Lipinski definition) is 0. The van der Waals surface area contributed by atoms with Crippen molar-refractivity contribution in [1.82, 2.24) is 9.13 Å². The van der Waals surface area contributed by atoms with Gasteiger partial charge >= 0.3 is 0 Å². The molecule has 14 rings (SSSR count). The van der Waals surface area contributed by atoms with E-state index in [0.717, 1.165) is 77.7 Å². The van der Waals surface area contributed by atoms with Crippen LogP contribution in [0.25, 0.3) is 133 Å². The molecular weight excluding hydrogens is 829 g/mol. The van der Waals surface area contributed by atoms with Gasteiger partial charge in [-0.15, -0.1) is 0 Å². The molecule has 0 saturated carbocycles. The number of rotatable bonds is 7. The Hall–Kier alpha value is -9.12. The highest BCUT2D eigenvalue weighted by Crippen LogP contribution is 2.47. The van der Waals surface area contributed by atoms with Gasteiger partial charge in [0.2, 0.25) is 0 Å². The second kappa shape index (κ2) is 15.2. The molecule has 0 bridgehead atoms. The van der Waals surface area contributed by atoms with Gasteiger partial charge in [-0.2, -0.15) is 0 Å². The number of hydrogen-bond acceptors (Lipinski definition) is 2. The van der Waals surface area contributed by atoms with E-state index in [1.807, 2.05) is 24.3 Å². The van der Waals surface area contributed by atoms with Crippen LogP contribution in [-0.4, -0.2) is 9.13 Å². The van der Waals surface area contributed by atoms with Crippen LogP contribution in [0, 0.1) is 0 Å². The third kappa shape index (κ3) is 5.81. The number of para-hydroxylation sites is 4. The molecule has 4 aromatic heterocycles. The zero-order chi connectivity index (χ0) is 44.7. The van der Waals surface area contributed by atoms with E-state index in [0.29, 0.717) is 0 Å². The molecule has 0 aliphatic heterocycles. The Bertz CT molecular complexity index is 4030. The third-order valence-electron chi connectivity index (χ3n) is 13.8. The fraction of sp³-hybridized carbons (Fsp3) is 0. The van der Waals surface area contributed by atoms with E-state index in [1.165, 1.54) is 55.3 Å². The summed E-state index contributed by atoms with van der Waals surface area (Å²) < 4.78 is 18.1. The smallest absolute Gasteiger partial charge is 0.196 e. The minimum Gasteiger partial charge on any atom is -0.450 e. The van der Waals surface area contributed by atoms with E-state index in [1.54, 1.807) is 0 Å². The van der Waals surface area contributed by atoms with Crippen molar-refractivity contribution in [2.75, 3.05) is 0 Å². The summed E-state index contributed by atoms with van der Waals surface area (Å²) in [4.78, 5) is 0. The molecule has 4 heteroatoms. The van der Waals surface area contributed by atoms with Crippen molar-refractivity contribution in [3.05, 3.63) is 243 Å². The van der Waals surface area contributed by atoms with E-state index in [4.69, 9.17) is 8.83 Å². The predicted octanol–water partition coefficient (Wildman–Crippen LogP) is 17.7. The molecular formula is C64H40N2O2. The standard InChI is InChI=1S/C64H40N2O2/c1-3-19-41(20-4-1)45-23-7-9-25-47(45)43-35-37-57-53(39-43)54-40-44(48-26-10-8-24-46(48)42-21-5-2-6-22-42)36-38-58(54)65(57)55-31-15-11-27-49(55)50-28-12-16-32-56(50)66-61-51-29-13-17-33-59(51)67-63(61)64-62(66)52-30-14-18-34-60(52)68-64/h1-40H. The Morgan fingerprint density at radius 3 is 1.06 bits per heavy atom. The Balaban J connectivity index is 1.03. The Kier molecular flexibility index (Phi) is 8.55. The summed E-state index contributed by atoms with van der Waals surface area (Å²) in [6.45, 7) is 0. The monoisotopic (exact) mass is 868 g/mol. The van der Waals surface area contributed by atoms with Crippen molar-refractivity contribution < 1.29 is 8.83 Å². The summed E-state index contributed by atoms with van der Waals surface area (Å²) in [6, 6.07) is 87.1. The third-order valence-corrected chi connectivity index (χ3v) is 13.8. The van der Waals surface area contributed by atoms with Gasteiger partial charge in [0, 0.05) is 32.7 Å². The molecule has 68 heavy (non-hydrogen) atoms. The molecule has 14 aromatic rings. The zero-order valence-corrected chi connectivity index (χ0v) is 36.8. The van der Waals surface area contributed by atoms with Gasteiger partial charge in [-0.05, 0) is 105 Å². The summed E-state index contributed by atoms with van der Waals surface area (Å²) in [5, 5.41) is 4.45. The normalized spacial score (nSPS) is 11.8. The van der Waals surface area contributed by atoms with Crippen LogP contribution in [0.4, 0.5) is 0 Å². The van der Waals surface area contributed by atoms with Gasteiger partial charge < -0.3 is 18.0 Å². The maximum Gasteiger partial charge on any atom is 0.196 e. The fourth-order valence-corrected chi connectivity index (χ4v) is 10.8. The molecule has 0 spiro atoms. The lowest BCUT2D eigenvalue weighted by atomic mass is 9.92. The first kappa shape index (κ1) is 38.2. The maximum atomic E-state index is 6.65. The van der Waals surface area contributed by atoms with E-state index in [9.17, 15) is 0 Å². The lowest BCUT2D eigenvalue weighted by Crippen LogP contribution is -2.01. The molecule has 0 fully saturated rings. The molecule has 0 radical (unpaired) electrons. The van der Waals surface area contributed by atoms with Crippen LogP contribution in [0.5, 0.6) is 0 Å². The molecule has 0 N–H and O–H groups in total. The lowest BCUT2D eigenvalue weighted by Gasteiger charge is -2.18. The first-order valence-electron chi connectivity index (χ1n) is 23.2. The van der Waals surface area contributed by atoms with Crippen LogP contribution in [0.1, 0.15) is 0 Å². The summed E-state index contributed by atoms with van der Waals surface area (Å²) >= 11 is 0. The van der Waals surface area contributed by atoms with Crippen molar-refractivity contribution in [1.29, 1.82) is 0 Å². The molecule has 10 aromatic carbocycles. The Morgan fingerprint density at radius 2 is 0.603 bits per heavy atom. The van der Waals surface area contributed by atoms with Crippen LogP contribution < -0.4 is 0 Å². The van der Waals surface area contributed by atoms with Gasteiger partial charge in [0.05, 0.1) is 22.4 Å². The maximum absolute atomic E-state index is 6.65. The summed E-state index contributed by atoms with van der Waals surface area (Å²) in [5.41, 5.74) is 21.3. The lowest BCUT2D eigenvalue weighted by molar-refractivity contribution is 0.634. The fourth-order valence-electron chi connectivity index (χ4n) is 10.8. The minimum absolute atomic E-state index is 0.747. The molecule has 0 aliphatic rings. The highest BCUT2D eigenvalue weighted by Gasteiger charge is 2.27. The topological polar surface area (TPSA) is 36.1 Å². The average molecular weight is 869 g/mol.